The van der Waals surface area contributed by atoms with Gasteiger partial charge in [-0.1, -0.05) is 18.2 Å². The van der Waals surface area contributed by atoms with Gasteiger partial charge in [0.2, 0.25) is 0 Å². The number of methoxy groups -OCH3 is 1. The lowest BCUT2D eigenvalue weighted by Crippen LogP contribution is -2.40. The van der Waals surface area contributed by atoms with Gasteiger partial charge in [-0.2, -0.15) is 0 Å². The van der Waals surface area contributed by atoms with Crippen LogP contribution in [0.5, 0.6) is 0 Å². The van der Waals surface area contributed by atoms with Crippen LogP contribution < -0.4 is 5.32 Å². The third-order valence-corrected chi connectivity index (χ3v) is 2.10. The van der Waals surface area contributed by atoms with Crippen LogP contribution in [0, 0.1) is 0 Å². The minimum Gasteiger partial charge on any atom is -0.480 e. The number of hydrogen-bond donors (Lipinski definition) is 2. The number of rotatable bonds is 4. The number of carboxylic acids is 1. The molecule has 0 saturated carbocycles. The fourth-order valence-corrected chi connectivity index (χ4v) is 1.26. The normalized spacial score (nSPS) is 14.8. The Kier molecular flexibility index (Phi) is 4.78. The topological polar surface area (TPSA) is 75.6 Å². The van der Waals surface area contributed by atoms with Crippen LogP contribution in [0.15, 0.2) is 41.7 Å². The van der Waals surface area contributed by atoms with Gasteiger partial charge >= 0.3 is 12.1 Å². The maximum Gasteiger partial charge on any atom is 0.407 e. The van der Waals surface area contributed by atoms with Crippen LogP contribution in [-0.2, 0) is 9.53 Å². The Morgan fingerprint density at radius 1 is 1.53 bits per heavy atom. The second-order valence-corrected chi connectivity index (χ2v) is 3.34. The molecular weight excluding hydrogens is 222 g/mol. The summed E-state index contributed by atoms with van der Waals surface area (Å²) in [7, 11) is 1.19. The van der Waals surface area contributed by atoms with E-state index >= 15 is 0 Å². The molecule has 1 rings (SSSR count). The largest absolute Gasteiger partial charge is 0.480 e. The molecule has 1 aliphatic rings. The number of carboxylic acid groups (broad SMARTS) is 1. The van der Waals surface area contributed by atoms with Gasteiger partial charge in [-0.25, -0.2) is 9.59 Å². The van der Waals surface area contributed by atoms with Gasteiger partial charge in [0, 0.05) is 6.42 Å². The molecule has 0 heterocycles. The molecule has 5 heteroatoms. The van der Waals surface area contributed by atoms with Crippen molar-refractivity contribution in [2.75, 3.05) is 7.11 Å². The number of alkyl carbamates (subject to hydrolysis) is 1. The van der Waals surface area contributed by atoms with Crippen LogP contribution in [0.4, 0.5) is 4.79 Å². The Hall–Kier alpha value is -2.26. The molecule has 1 amide bonds. The summed E-state index contributed by atoms with van der Waals surface area (Å²) in [5, 5.41) is 11.2. The fraction of sp³-hybridized carbons (Fsp3) is 0.250. The smallest absolute Gasteiger partial charge is 0.407 e. The molecule has 90 valence electrons. The molecule has 0 spiro atoms. The van der Waals surface area contributed by atoms with E-state index in [1.807, 2.05) is 0 Å². The fourth-order valence-electron chi connectivity index (χ4n) is 1.26. The standard InChI is InChI=1S/C12H13NO4/c1-17-12(16)13-10(11(14)15)8-9-6-4-2-3-5-7-9/h2-4,6-7,10H,8H2,1H3,(H,13,16)(H,14,15). The lowest BCUT2D eigenvalue weighted by molar-refractivity contribution is -0.139. The molecule has 17 heavy (non-hydrogen) atoms. The van der Waals surface area contributed by atoms with Gasteiger partial charge in [-0.05, 0) is 17.7 Å². The number of carbonyl (C=O) groups is 2. The number of amides is 1. The molecule has 1 aliphatic carbocycles. The van der Waals surface area contributed by atoms with Crippen LogP contribution >= 0.6 is 0 Å². The van der Waals surface area contributed by atoms with Crippen molar-refractivity contribution in [1.82, 2.24) is 5.32 Å². The van der Waals surface area contributed by atoms with Crippen LogP contribution in [0.1, 0.15) is 6.42 Å². The number of hydrogen-bond acceptors (Lipinski definition) is 3. The summed E-state index contributed by atoms with van der Waals surface area (Å²) >= 11 is 0. The third-order valence-electron chi connectivity index (χ3n) is 2.10. The highest BCUT2D eigenvalue weighted by molar-refractivity contribution is 5.80. The molecule has 0 aromatic carbocycles. The molecule has 2 N–H and O–H groups in total. The van der Waals surface area contributed by atoms with Crippen molar-refractivity contribution in [1.29, 1.82) is 0 Å². The van der Waals surface area contributed by atoms with Gasteiger partial charge in [-0.3, -0.25) is 0 Å². The van der Waals surface area contributed by atoms with E-state index in [0.717, 1.165) is 5.57 Å². The first kappa shape index (κ1) is 12.8. The van der Waals surface area contributed by atoms with Gasteiger partial charge in [0.15, 0.2) is 0 Å². The summed E-state index contributed by atoms with van der Waals surface area (Å²) < 4.78 is 4.37. The zero-order valence-corrected chi connectivity index (χ0v) is 9.34. The molecule has 0 aromatic rings. The van der Waals surface area contributed by atoms with E-state index in [9.17, 15) is 9.59 Å². The van der Waals surface area contributed by atoms with E-state index in [1.54, 1.807) is 30.4 Å². The molecule has 5 nitrogen and oxygen atoms in total. The second-order valence-electron chi connectivity index (χ2n) is 3.34. The molecule has 0 saturated heterocycles. The predicted molar refractivity (Wildman–Crippen MR) is 61.5 cm³/mol. The highest BCUT2D eigenvalue weighted by Gasteiger charge is 2.20. The first-order valence-corrected chi connectivity index (χ1v) is 4.99. The van der Waals surface area contributed by atoms with Crippen molar-refractivity contribution in [2.24, 2.45) is 0 Å². The van der Waals surface area contributed by atoms with Crippen molar-refractivity contribution in [3.63, 3.8) is 0 Å². The van der Waals surface area contributed by atoms with E-state index in [1.165, 1.54) is 7.11 Å². The quantitative estimate of drug-likeness (QED) is 0.722. The van der Waals surface area contributed by atoms with Crippen molar-refractivity contribution in [2.45, 2.75) is 12.5 Å². The number of allylic oxidation sites excluding steroid dienone is 4. The van der Waals surface area contributed by atoms with Gasteiger partial charge in [0.05, 0.1) is 7.11 Å². The number of carbonyl (C=O) groups excluding carboxylic acids is 1. The minimum absolute atomic E-state index is 0.176. The zero-order valence-electron chi connectivity index (χ0n) is 9.34. The van der Waals surface area contributed by atoms with Crippen LogP contribution in [0.2, 0.25) is 0 Å². The molecule has 1 unspecified atom stereocenters. The minimum atomic E-state index is -1.11. The first-order valence-electron chi connectivity index (χ1n) is 4.99. The van der Waals surface area contributed by atoms with Crippen molar-refractivity contribution >= 4 is 12.1 Å². The Bertz CT molecular complexity index is 428. The molecule has 0 radical (unpaired) electrons. The van der Waals surface area contributed by atoms with Crippen molar-refractivity contribution < 1.29 is 19.4 Å². The second kappa shape index (κ2) is 6.35. The van der Waals surface area contributed by atoms with Gasteiger partial charge < -0.3 is 15.2 Å². The molecule has 0 fully saturated rings. The van der Waals surface area contributed by atoms with E-state index < -0.39 is 18.1 Å². The average molecular weight is 235 g/mol. The Morgan fingerprint density at radius 3 is 2.94 bits per heavy atom. The highest BCUT2D eigenvalue weighted by atomic mass is 16.5. The monoisotopic (exact) mass is 235 g/mol. The van der Waals surface area contributed by atoms with Crippen molar-refractivity contribution in [3.8, 4) is 0 Å². The maximum atomic E-state index is 11.0. The predicted octanol–water partition coefficient (Wildman–Crippen LogP) is 1.39. The Morgan fingerprint density at radius 2 is 2.29 bits per heavy atom. The molecule has 1 atom stereocenters. The SMILES string of the molecule is COC(=O)NC(CC1=CC=CC=C=C1)C(=O)O. The summed E-state index contributed by atoms with van der Waals surface area (Å²) in [5.41, 5.74) is 3.63. The van der Waals surface area contributed by atoms with E-state index in [0.29, 0.717) is 0 Å². The number of nitrogens with one attached hydrogen (secondary N) is 1. The molecule has 0 bridgehead atoms. The van der Waals surface area contributed by atoms with Crippen LogP contribution in [0.25, 0.3) is 0 Å². The summed E-state index contributed by atoms with van der Waals surface area (Å²) in [6.07, 6.45) is 8.14. The van der Waals surface area contributed by atoms with E-state index in [4.69, 9.17) is 5.11 Å². The molecule has 0 aromatic heterocycles. The van der Waals surface area contributed by atoms with Gasteiger partial charge in [0.1, 0.15) is 6.04 Å². The summed E-state index contributed by atoms with van der Waals surface area (Å²) in [5.74, 6) is -1.11. The number of aliphatic carboxylic acids is 1. The average Bonchev–Trinajstić information content (AvgIpc) is 2.56. The summed E-state index contributed by atoms with van der Waals surface area (Å²) in [6.45, 7) is 0. The lowest BCUT2D eigenvalue weighted by Gasteiger charge is -2.13. The lowest BCUT2D eigenvalue weighted by atomic mass is 10.1. The van der Waals surface area contributed by atoms with Gasteiger partial charge in [0.25, 0.3) is 0 Å². The van der Waals surface area contributed by atoms with E-state index in [-0.39, 0.29) is 6.42 Å². The Balaban J connectivity index is 2.70. The summed E-state index contributed by atoms with van der Waals surface area (Å²) in [6, 6.07) is -1.02. The highest BCUT2D eigenvalue weighted by Crippen LogP contribution is 2.09. The van der Waals surface area contributed by atoms with Crippen LogP contribution in [-0.4, -0.2) is 30.3 Å². The first-order chi connectivity index (χ1) is 8.13. The Labute approximate surface area is 98.8 Å². The maximum absolute atomic E-state index is 11.0. The summed E-state index contributed by atoms with van der Waals surface area (Å²) in [4.78, 5) is 21.9. The van der Waals surface area contributed by atoms with Gasteiger partial charge in [-0.15, -0.1) is 5.73 Å². The van der Waals surface area contributed by atoms with Crippen molar-refractivity contribution in [3.05, 3.63) is 41.7 Å². The number of ether oxygens (including phenoxy) is 1. The zero-order chi connectivity index (χ0) is 12.7. The molecular formula is C12H13NO4. The third kappa shape index (κ3) is 4.40. The van der Waals surface area contributed by atoms with E-state index in [2.05, 4.69) is 15.8 Å². The molecule has 0 aliphatic heterocycles. The van der Waals surface area contributed by atoms with Crippen LogP contribution in [0.3, 0.4) is 0 Å².